The van der Waals surface area contributed by atoms with E-state index in [2.05, 4.69) is 4.98 Å². The number of rotatable bonds is 4. The first kappa shape index (κ1) is 14.9. The number of fused-ring (bicyclic) bond motifs is 1. The summed E-state index contributed by atoms with van der Waals surface area (Å²) in [5, 5.41) is -0.0868. The van der Waals surface area contributed by atoms with Gasteiger partial charge in [0.1, 0.15) is 11.5 Å². The highest BCUT2D eigenvalue weighted by Crippen LogP contribution is 2.33. The van der Waals surface area contributed by atoms with Crippen LogP contribution in [0.1, 0.15) is 10.4 Å². The van der Waals surface area contributed by atoms with Gasteiger partial charge in [-0.1, -0.05) is 12.1 Å². The van der Waals surface area contributed by atoms with E-state index in [-0.39, 0.29) is 5.12 Å². The summed E-state index contributed by atoms with van der Waals surface area (Å²) in [7, 11) is 3.12. The molecule has 0 aliphatic heterocycles. The molecule has 112 valence electrons. The molecule has 0 unspecified atom stereocenters. The Kier molecular flexibility index (Phi) is 4.31. The van der Waals surface area contributed by atoms with Crippen molar-refractivity contribution >= 4 is 38.4 Å². The zero-order valence-electron chi connectivity index (χ0n) is 12.0. The van der Waals surface area contributed by atoms with Gasteiger partial charge in [0, 0.05) is 11.6 Å². The van der Waals surface area contributed by atoms with E-state index < -0.39 is 0 Å². The largest absolute Gasteiger partial charge is 0.497 e. The second kappa shape index (κ2) is 6.37. The van der Waals surface area contributed by atoms with Crippen LogP contribution >= 0.6 is 23.1 Å². The summed E-state index contributed by atoms with van der Waals surface area (Å²) >= 11 is 2.63. The van der Waals surface area contributed by atoms with Gasteiger partial charge in [0.2, 0.25) is 5.12 Å². The molecule has 4 nitrogen and oxygen atoms in total. The molecular weight excluding hydrogens is 318 g/mol. The van der Waals surface area contributed by atoms with Crippen molar-refractivity contribution in [3.05, 3.63) is 48.0 Å². The summed E-state index contributed by atoms with van der Waals surface area (Å²) in [6.45, 7) is 0. The van der Waals surface area contributed by atoms with Crippen molar-refractivity contribution in [1.29, 1.82) is 0 Å². The van der Waals surface area contributed by atoms with E-state index in [4.69, 9.17) is 9.47 Å². The first-order chi connectivity index (χ1) is 10.7. The van der Waals surface area contributed by atoms with Gasteiger partial charge in [0.05, 0.1) is 24.4 Å². The van der Waals surface area contributed by atoms with Gasteiger partial charge in [-0.25, -0.2) is 4.98 Å². The molecule has 0 N–H and O–H groups in total. The fraction of sp³-hybridized carbons (Fsp3) is 0.125. The normalized spacial score (nSPS) is 10.6. The Morgan fingerprint density at radius 3 is 2.41 bits per heavy atom. The minimum Gasteiger partial charge on any atom is -0.497 e. The third-order valence-electron chi connectivity index (χ3n) is 3.04. The van der Waals surface area contributed by atoms with Crippen LogP contribution in [0.4, 0.5) is 0 Å². The fourth-order valence-corrected chi connectivity index (χ4v) is 3.86. The number of carbonyl (C=O) groups is 1. The number of aromatic nitrogens is 1. The predicted octanol–water partition coefficient (Wildman–Crippen LogP) is 4.25. The van der Waals surface area contributed by atoms with Crippen molar-refractivity contribution < 1.29 is 14.3 Å². The molecule has 6 heteroatoms. The number of methoxy groups -OCH3 is 2. The van der Waals surface area contributed by atoms with Crippen LogP contribution in [-0.4, -0.2) is 24.3 Å². The first-order valence-corrected chi connectivity index (χ1v) is 8.13. The van der Waals surface area contributed by atoms with E-state index >= 15 is 0 Å². The Labute approximate surface area is 136 Å². The third kappa shape index (κ3) is 3.08. The van der Waals surface area contributed by atoms with E-state index in [0.29, 0.717) is 17.1 Å². The quantitative estimate of drug-likeness (QED) is 0.669. The Hall–Kier alpha value is -2.05. The molecule has 0 aliphatic carbocycles. The molecule has 0 saturated carbocycles. The molecule has 1 heterocycles. The van der Waals surface area contributed by atoms with Crippen LogP contribution in [0.25, 0.3) is 10.2 Å². The van der Waals surface area contributed by atoms with E-state index in [0.717, 1.165) is 26.3 Å². The standard InChI is InChI=1S/C16H13NO3S2/c1-19-11-7-10(8-12(9-11)20-2)15(18)22-16-17-13-5-3-4-6-14(13)21-16/h3-9H,1-2H3. The highest BCUT2D eigenvalue weighted by atomic mass is 32.2. The summed E-state index contributed by atoms with van der Waals surface area (Å²) < 4.78 is 12.2. The van der Waals surface area contributed by atoms with Crippen molar-refractivity contribution in [2.75, 3.05) is 14.2 Å². The number of carbonyl (C=O) groups excluding carboxylic acids is 1. The molecule has 3 rings (SSSR count). The second-order valence-electron chi connectivity index (χ2n) is 4.44. The van der Waals surface area contributed by atoms with Crippen LogP contribution in [0.5, 0.6) is 11.5 Å². The van der Waals surface area contributed by atoms with E-state index in [1.165, 1.54) is 11.3 Å². The molecule has 2 aromatic carbocycles. The Balaban J connectivity index is 1.87. The zero-order chi connectivity index (χ0) is 15.5. The van der Waals surface area contributed by atoms with Crippen molar-refractivity contribution in [2.24, 2.45) is 0 Å². The number of thiazole rings is 1. The summed E-state index contributed by atoms with van der Waals surface area (Å²) in [4.78, 5) is 16.9. The Morgan fingerprint density at radius 1 is 1.09 bits per heavy atom. The van der Waals surface area contributed by atoms with Crippen molar-refractivity contribution in [3.8, 4) is 11.5 Å². The molecule has 0 aliphatic rings. The lowest BCUT2D eigenvalue weighted by molar-refractivity contribution is 0.108. The molecule has 0 radical (unpaired) electrons. The van der Waals surface area contributed by atoms with Gasteiger partial charge in [0.15, 0.2) is 4.34 Å². The summed E-state index contributed by atoms with van der Waals surface area (Å²) in [5.41, 5.74) is 1.44. The van der Waals surface area contributed by atoms with Crippen LogP contribution in [0.2, 0.25) is 0 Å². The summed E-state index contributed by atoms with van der Waals surface area (Å²) in [5.74, 6) is 1.18. The van der Waals surface area contributed by atoms with Gasteiger partial charge in [-0.2, -0.15) is 0 Å². The molecular formula is C16H13NO3S2. The summed E-state index contributed by atoms with van der Waals surface area (Å²) in [6.07, 6.45) is 0. The maximum atomic E-state index is 12.4. The molecule has 0 spiro atoms. The average molecular weight is 331 g/mol. The SMILES string of the molecule is COc1cc(OC)cc(C(=O)Sc2nc3ccccc3s2)c1. The van der Waals surface area contributed by atoms with Gasteiger partial charge in [-0.3, -0.25) is 4.79 Å². The maximum absolute atomic E-state index is 12.4. The molecule has 0 saturated heterocycles. The third-order valence-corrected chi connectivity index (χ3v) is 5.06. The first-order valence-electron chi connectivity index (χ1n) is 6.50. The number of benzene rings is 2. The minimum absolute atomic E-state index is 0.0868. The van der Waals surface area contributed by atoms with Gasteiger partial charge < -0.3 is 9.47 Å². The monoisotopic (exact) mass is 331 g/mol. The predicted molar refractivity (Wildman–Crippen MR) is 89.4 cm³/mol. The number of thioether (sulfide) groups is 1. The summed E-state index contributed by atoms with van der Waals surface area (Å²) in [6, 6.07) is 13.0. The number of nitrogens with zero attached hydrogens (tertiary/aromatic N) is 1. The Morgan fingerprint density at radius 2 is 1.77 bits per heavy atom. The van der Waals surface area contributed by atoms with Gasteiger partial charge in [0.25, 0.3) is 0 Å². The van der Waals surface area contributed by atoms with Crippen molar-refractivity contribution in [1.82, 2.24) is 4.98 Å². The van der Waals surface area contributed by atoms with Crippen LogP contribution < -0.4 is 9.47 Å². The minimum atomic E-state index is -0.0868. The smallest absolute Gasteiger partial charge is 0.226 e. The molecule has 22 heavy (non-hydrogen) atoms. The van der Waals surface area contributed by atoms with Gasteiger partial charge in [-0.05, 0) is 36.0 Å². The number of hydrogen-bond acceptors (Lipinski definition) is 6. The zero-order valence-corrected chi connectivity index (χ0v) is 13.7. The number of para-hydroxylation sites is 1. The van der Waals surface area contributed by atoms with Crippen LogP contribution in [0.15, 0.2) is 46.8 Å². The lowest BCUT2D eigenvalue weighted by Crippen LogP contribution is -1.96. The molecule has 0 bridgehead atoms. The molecule has 3 aromatic rings. The average Bonchev–Trinajstić information content (AvgIpc) is 2.96. The van der Waals surface area contributed by atoms with E-state index in [9.17, 15) is 4.79 Å². The Bertz CT molecular complexity index is 774. The number of ether oxygens (including phenoxy) is 2. The fourth-order valence-electron chi connectivity index (χ4n) is 1.96. The second-order valence-corrected chi connectivity index (χ2v) is 6.69. The van der Waals surface area contributed by atoms with Crippen molar-refractivity contribution in [2.45, 2.75) is 4.34 Å². The van der Waals surface area contributed by atoms with Crippen LogP contribution in [-0.2, 0) is 0 Å². The highest BCUT2D eigenvalue weighted by Gasteiger charge is 2.14. The van der Waals surface area contributed by atoms with Crippen molar-refractivity contribution in [3.63, 3.8) is 0 Å². The van der Waals surface area contributed by atoms with Gasteiger partial charge in [-0.15, -0.1) is 11.3 Å². The molecule has 1 aromatic heterocycles. The topological polar surface area (TPSA) is 48.4 Å². The van der Waals surface area contributed by atoms with E-state index in [1.54, 1.807) is 32.4 Å². The lowest BCUT2D eigenvalue weighted by Gasteiger charge is -2.06. The lowest BCUT2D eigenvalue weighted by atomic mass is 10.2. The molecule has 0 atom stereocenters. The van der Waals surface area contributed by atoms with Gasteiger partial charge >= 0.3 is 0 Å². The molecule has 0 fully saturated rings. The number of hydrogen-bond donors (Lipinski definition) is 0. The highest BCUT2D eigenvalue weighted by molar-refractivity contribution is 8.15. The van der Waals surface area contributed by atoms with E-state index in [1.807, 2.05) is 24.3 Å². The molecule has 0 amide bonds. The van der Waals surface area contributed by atoms with Crippen LogP contribution in [0, 0.1) is 0 Å². The maximum Gasteiger partial charge on any atom is 0.226 e. The van der Waals surface area contributed by atoms with Crippen LogP contribution in [0.3, 0.4) is 0 Å².